The van der Waals surface area contributed by atoms with Gasteiger partial charge in [0.15, 0.2) is 0 Å². The Morgan fingerprint density at radius 1 is 1.09 bits per heavy atom. The van der Waals surface area contributed by atoms with Crippen LogP contribution >= 0.6 is 0 Å². The van der Waals surface area contributed by atoms with Gasteiger partial charge in [0.2, 0.25) is 0 Å². The fourth-order valence-electron chi connectivity index (χ4n) is 3.24. The SMILES string of the molecule is [2H]C1=CC([2H])(C(C(=O)O)(c2ccccc2)c2ccccc2)CCC1. The molecule has 0 saturated carbocycles. The van der Waals surface area contributed by atoms with Crippen molar-refractivity contribution in [1.82, 2.24) is 0 Å². The van der Waals surface area contributed by atoms with Gasteiger partial charge in [-0.1, -0.05) is 72.8 Å². The molecular weight excluding hydrogens is 272 g/mol. The number of carbonyl (C=O) groups is 1. The number of allylic oxidation sites excluding steroid dienone is 2. The van der Waals surface area contributed by atoms with Gasteiger partial charge in [0.1, 0.15) is 5.41 Å². The Morgan fingerprint density at radius 3 is 2.09 bits per heavy atom. The van der Waals surface area contributed by atoms with Crippen molar-refractivity contribution in [1.29, 1.82) is 0 Å². The van der Waals surface area contributed by atoms with Crippen LogP contribution in [-0.2, 0) is 10.2 Å². The second kappa shape index (κ2) is 6.18. The molecule has 2 nitrogen and oxygen atoms in total. The van der Waals surface area contributed by atoms with Crippen molar-refractivity contribution in [2.24, 2.45) is 5.89 Å². The molecule has 0 bridgehead atoms. The van der Waals surface area contributed by atoms with Gasteiger partial charge in [-0.3, -0.25) is 4.79 Å². The van der Waals surface area contributed by atoms with Crippen LogP contribution in [0.4, 0.5) is 0 Å². The van der Waals surface area contributed by atoms with Gasteiger partial charge in [-0.25, -0.2) is 0 Å². The highest BCUT2D eigenvalue weighted by molar-refractivity contribution is 5.87. The number of benzene rings is 2. The van der Waals surface area contributed by atoms with Gasteiger partial charge < -0.3 is 5.11 Å². The Hall–Kier alpha value is -2.35. The minimum absolute atomic E-state index is 0.341. The number of hydrogen-bond donors (Lipinski definition) is 1. The smallest absolute Gasteiger partial charge is 0.319 e. The summed E-state index contributed by atoms with van der Waals surface area (Å²) >= 11 is 0. The molecule has 22 heavy (non-hydrogen) atoms. The molecule has 0 radical (unpaired) electrons. The van der Waals surface area contributed by atoms with E-state index < -0.39 is 17.3 Å². The van der Waals surface area contributed by atoms with E-state index in [4.69, 9.17) is 2.74 Å². The maximum Gasteiger partial charge on any atom is 0.319 e. The Kier molecular flexibility index (Phi) is 3.44. The molecule has 0 aromatic heterocycles. The molecular formula is C20H20O2. The summed E-state index contributed by atoms with van der Waals surface area (Å²) in [5.41, 5.74) is -0.392. The van der Waals surface area contributed by atoms with E-state index in [9.17, 15) is 9.90 Å². The quantitative estimate of drug-likeness (QED) is 0.848. The van der Waals surface area contributed by atoms with Crippen LogP contribution in [0.5, 0.6) is 0 Å². The molecule has 0 spiro atoms. The van der Waals surface area contributed by atoms with Crippen molar-refractivity contribution >= 4 is 5.97 Å². The van der Waals surface area contributed by atoms with Gasteiger partial charge in [-0.15, -0.1) is 0 Å². The van der Waals surface area contributed by atoms with Crippen LogP contribution in [0.2, 0.25) is 0 Å². The Balaban J connectivity index is 2.36. The lowest BCUT2D eigenvalue weighted by molar-refractivity contribution is -0.143. The van der Waals surface area contributed by atoms with Crippen molar-refractivity contribution in [2.75, 3.05) is 0 Å². The molecule has 2 heteroatoms. The lowest BCUT2D eigenvalue weighted by atomic mass is 9.63. The summed E-state index contributed by atoms with van der Waals surface area (Å²) in [5.74, 6) is -2.46. The molecule has 1 aliphatic rings. The first kappa shape index (κ1) is 12.2. The number of hydrogen-bond acceptors (Lipinski definition) is 1. The van der Waals surface area contributed by atoms with E-state index in [1.807, 2.05) is 12.1 Å². The van der Waals surface area contributed by atoms with Crippen molar-refractivity contribution in [3.63, 3.8) is 0 Å². The molecule has 1 aliphatic carbocycles. The molecule has 1 N–H and O–H groups in total. The van der Waals surface area contributed by atoms with E-state index in [1.165, 1.54) is 6.08 Å². The average Bonchev–Trinajstić information content (AvgIpc) is 2.56. The van der Waals surface area contributed by atoms with Crippen LogP contribution in [-0.4, -0.2) is 11.1 Å². The van der Waals surface area contributed by atoms with Crippen LogP contribution < -0.4 is 0 Å². The molecule has 112 valence electrons. The van der Waals surface area contributed by atoms with Crippen LogP contribution in [0.3, 0.4) is 0 Å². The first-order valence-corrected chi connectivity index (χ1v) is 7.53. The summed E-state index contributed by atoms with van der Waals surface area (Å²) in [7, 11) is 0. The molecule has 2 aromatic carbocycles. The minimum atomic E-state index is -1.54. The molecule has 0 saturated heterocycles. The van der Waals surface area contributed by atoms with Gasteiger partial charge in [0.05, 0.1) is 1.37 Å². The number of carboxylic acids is 1. The van der Waals surface area contributed by atoms with Crippen LogP contribution in [0.15, 0.2) is 72.8 Å². The second-order valence-electron chi connectivity index (χ2n) is 5.51. The molecule has 1 unspecified atom stereocenters. The monoisotopic (exact) mass is 294 g/mol. The summed E-state index contributed by atoms with van der Waals surface area (Å²) in [6.07, 6.45) is 3.18. The predicted octanol–water partition coefficient (Wildman–Crippen LogP) is 4.41. The van der Waals surface area contributed by atoms with E-state index in [-0.39, 0.29) is 0 Å². The zero-order chi connectivity index (χ0) is 17.2. The molecule has 0 aliphatic heterocycles. The summed E-state index contributed by atoms with van der Waals surface area (Å²) < 4.78 is 17.1. The Bertz CT molecular complexity index is 716. The normalized spacial score (nSPS) is 23.2. The minimum Gasteiger partial charge on any atom is -0.480 e. The summed E-state index contributed by atoms with van der Waals surface area (Å²) in [4.78, 5) is 12.6. The average molecular weight is 294 g/mol. The summed E-state index contributed by atoms with van der Waals surface area (Å²) in [5, 5.41) is 10.3. The van der Waals surface area contributed by atoms with Crippen molar-refractivity contribution in [2.45, 2.75) is 24.7 Å². The molecule has 3 rings (SSSR count). The van der Waals surface area contributed by atoms with Gasteiger partial charge >= 0.3 is 5.97 Å². The first-order chi connectivity index (χ1) is 11.5. The first-order valence-electron chi connectivity index (χ1n) is 8.53. The number of rotatable bonds is 4. The van der Waals surface area contributed by atoms with Crippen LogP contribution in [0, 0.1) is 5.89 Å². The van der Waals surface area contributed by atoms with E-state index in [2.05, 4.69) is 0 Å². The highest BCUT2D eigenvalue weighted by atomic mass is 16.4. The van der Waals surface area contributed by atoms with Crippen LogP contribution in [0.1, 0.15) is 33.1 Å². The molecule has 0 amide bonds. The van der Waals surface area contributed by atoms with Crippen molar-refractivity contribution in [3.8, 4) is 0 Å². The molecule has 0 fully saturated rings. The Labute approximate surface area is 133 Å². The second-order valence-corrected chi connectivity index (χ2v) is 5.51. The van der Waals surface area contributed by atoms with Crippen molar-refractivity contribution in [3.05, 3.63) is 83.9 Å². The van der Waals surface area contributed by atoms with Gasteiger partial charge in [0, 0.05) is 7.26 Å². The van der Waals surface area contributed by atoms with E-state index in [0.717, 1.165) is 0 Å². The maximum absolute atomic E-state index is 12.6. The molecule has 0 heterocycles. The maximum atomic E-state index is 12.6. The van der Waals surface area contributed by atoms with E-state index in [1.54, 1.807) is 48.5 Å². The fourth-order valence-corrected chi connectivity index (χ4v) is 3.24. The zero-order valence-corrected chi connectivity index (χ0v) is 12.3. The topological polar surface area (TPSA) is 37.3 Å². The van der Waals surface area contributed by atoms with E-state index in [0.29, 0.717) is 36.4 Å². The van der Waals surface area contributed by atoms with Gasteiger partial charge in [-0.2, -0.15) is 0 Å². The Morgan fingerprint density at radius 2 is 1.64 bits per heavy atom. The third-order valence-corrected chi connectivity index (χ3v) is 4.26. The van der Waals surface area contributed by atoms with Gasteiger partial charge in [-0.05, 0) is 30.4 Å². The number of aliphatic carboxylic acids is 1. The molecule has 2 aromatic rings. The summed E-state index contributed by atoms with van der Waals surface area (Å²) in [6.45, 7) is 0. The van der Waals surface area contributed by atoms with Crippen molar-refractivity contribution < 1.29 is 12.6 Å². The third-order valence-electron chi connectivity index (χ3n) is 4.26. The summed E-state index contributed by atoms with van der Waals surface area (Å²) in [6, 6.07) is 18.3. The predicted molar refractivity (Wildman–Crippen MR) is 87.8 cm³/mol. The largest absolute Gasteiger partial charge is 0.480 e. The molecule has 1 atom stereocenters. The number of carboxylic acid groups (broad SMARTS) is 1. The third kappa shape index (κ3) is 2.35. The highest BCUT2D eigenvalue weighted by Crippen LogP contribution is 2.44. The van der Waals surface area contributed by atoms with E-state index >= 15 is 0 Å². The lowest BCUT2D eigenvalue weighted by Gasteiger charge is -2.38. The van der Waals surface area contributed by atoms with Gasteiger partial charge in [0.25, 0.3) is 0 Å². The fraction of sp³-hybridized carbons (Fsp3) is 0.250. The lowest BCUT2D eigenvalue weighted by Crippen LogP contribution is -2.44. The zero-order valence-electron chi connectivity index (χ0n) is 14.3. The van der Waals surface area contributed by atoms with Crippen LogP contribution in [0.25, 0.3) is 0 Å². The standard InChI is InChI=1S/C20H20O2/c21-19(22)20(16-10-4-1-5-11-16,17-12-6-2-7-13-17)18-14-8-3-9-15-18/h1-2,4-8,10-14,18H,3,9,15H2,(H,21,22)/i8D,18D. The highest BCUT2D eigenvalue weighted by Gasteiger charge is 2.47.